The van der Waals surface area contributed by atoms with E-state index in [2.05, 4.69) is 0 Å². The number of rotatable bonds is 12. The molecule has 0 bridgehead atoms. The molecule has 1 saturated heterocycles. The number of benzene rings is 2. The Morgan fingerprint density at radius 3 is 1.86 bits per heavy atom. The summed E-state index contributed by atoms with van der Waals surface area (Å²) in [7, 11) is 11.2. The Bertz CT molecular complexity index is 971. The molecule has 9 heteroatoms. The van der Waals surface area contributed by atoms with E-state index in [1.54, 1.807) is 49.8 Å². The summed E-state index contributed by atoms with van der Waals surface area (Å²) >= 11 is 0. The van der Waals surface area contributed by atoms with Crippen molar-refractivity contribution in [2.75, 3.05) is 56.4 Å². The molecule has 0 aliphatic carbocycles. The summed E-state index contributed by atoms with van der Waals surface area (Å²) in [5.41, 5.74) is 1.82. The second-order valence-electron chi connectivity index (χ2n) is 8.11. The fourth-order valence-electron chi connectivity index (χ4n) is 4.21. The Kier molecular flexibility index (Phi) is 10.4. The first-order valence-electron chi connectivity index (χ1n) is 11.5. The molecule has 2 aromatic carbocycles. The summed E-state index contributed by atoms with van der Waals surface area (Å²) in [6, 6.07) is 11.3. The van der Waals surface area contributed by atoms with Crippen LogP contribution in [-0.2, 0) is 23.7 Å². The first-order valence-corrected chi connectivity index (χ1v) is 11.5. The topological polar surface area (TPSA) is 83.1 Å². The molecule has 0 spiro atoms. The smallest absolute Gasteiger partial charge is 0.229 e. The predicted octanol–water partition coefficient (Wildman–Crippen LogP) is 3.68. The number of methoxy groups -OCH3 is 7. The highest BCUT2D eigenvalue weighted by molar-refractivity contribution is 5.72. The van der Waals surface area contributed by atoms with Gasteiger partial charge in [0.15, 0.2) is 11.5 Å². The molecule has 1 aliphatic heterocycles. The van der Waals surface area contributed by atoms with E-state index in [0.29, 0.717) is 29.6 Å². The van der Waals surface area contributed by atoms with Crippen LogP contribution in [0.4, 0.5) is 0 Å². The second-order valence-corrected chi connectivity index (χ2v) is 8.11. The van der Waals surface area contributed by atoms with Crippen LogP contribution in [0.3, 0.4) is 0 Å². The summed E-state index contributed by atoms with van der Waals surface area (Å²) < 4.78 is 51.2. The zero-order valence-electron chi connectivity index (χ0n) is 21.9. The maximum atomic E-state index is 6.31. The molecule has 0 radical (unpaired) electrons. The molecule has 0 N–H and O–H groups in total. The minimum atomic E-state index is -0.790. The van der Waals surface area contributed by atoms with Gasteiger partial charge in [-0.1, -0.05) is 18.2 Å². The molecule has 5 atom stereocenters. The Morgan fingerprint density at radius 2 is 1.31 bits per heavy atom. The van der Waals surface area contributed by atoms with Gasteiger partial charge in [-0.3, -0.25) is 0 Å². The van der Waals surface area contributed by atoms with E-state index < -0.39 is 30.7 Å². The largest absolute Gasteiger partial charge is 0.497 e. The highest BCUT2D eigenvalue weighted by Gasteiger charge is 2.48. The van der Waals surface area contributed by atoms with E-state index in [1.807, 2.05) is 48.6 Å². The molecule has 0 aromatic heterocycles. The lowest BCUT2D eigenvalue weighted by Gasteiger charge is -2.44. The summed E-state index contributed by atoms with van der Waals surface area (Å²) in [5.74, 6) is 2.47. The lowest BCUT2D eigenvalue weighted by atomic mass is 9.98. The molecular weight excluding hydrogens is 468 g/mol. The van der Waals surface area contributed by atoms with Crippen LogP contribution < -0.4 is 18.9 Å². The molecule has 1 fully saturated rings. The molecule has 1 aliphatic rings. The van der Waals surface area contributed by atoms with Gasteiger partial charge in [-0.25, -0.2) is 0 Å². The third-order valence-corrected chi connectivity index (χ3v) is 6.01. The van der Waals surface area contributed by atoms with Crippen LogP contribution in [0.25, 0.3) is 12.2 Å². The lowest BCUT2D eigenvalue weighted by molar-refractivity contribution is -0.292. The first kappa shape index (κ1) is 27.8. The molecule has 1 heterocycles. The Balaban J connectivity index is 1.88. The van der Waals surface area contributed by atoms with Crippen molar-refractivity contribution in [2.45, 2.75) is 30.7 Å². The lowest BCUT2D eigenvalue weighted by Crippen LogP contribution is -2.62. The highest BCUT2D eigenvalue weighted by Crippen LogP contribution is 2.34. The average molecular weight is 505 g/mol. The van der Waals surface area contributed by atoms with Crippen molar-refractivity contribution in [3.05, 3.63) is 47.5 Å². The van der Waals surface area contributed by atoms with Gasteiger partial charge in [0.25, 0.3) is 0 Å². The SMILES string of the molecule is COC[C@H]1O[C@@H](Oc2cc(/C=C/c3cc(OC)cc(OC)c3)ccc2OC)[C@H](OC)[C@@H](OC)[C@@H]1OC. The van der Waals surface area contributed by atoms with Crippen LogP contribution in [0.5, 0.6) is 23.0 Å². The van der Waals surface area contributed by atoms with Crippen molar-refractivity contribution in [1.82, 2.24) is 0 Å². The molecule has 2 aromatic rings. The van der Waals surface area contributed by atoms with Gasteiger partial charge < -0.3 is 42.6 Å². The van der Waals surface area contributed by atoms with Crippen molar-refractivity contribution in [2.24, 2.45) is 0 Å². The van der Waals surface area contributed by atoms with Gasteiger partial charge in [0, 0.05) is 34.5 Å². The van der Waals surface area contributed by atoms with E-state index in [9.17, 15) is 0 Å². The minimum absolute atomic E-state index is 0.304. The molecule has 0 saturated carbocycles. The van der Waals surface area contributed by atoms with Gasteiger partial charge in [0.05, 0.1) is 27.9 Å². The predicted molar refractivity (Wildman–Crippen MR) is 135 cm³/mol. The Labute approximate surface area is 212 Å². The van der Waals surface area contributed by atoms with Gasteiger partial charge >= 0.3 is 0 Å². The van der Waals surface area contributed by atoms with E-state index in [0.717, 1.165) is 11.1 Å². The van der Waals surface area contributed by atoms with Crippen molar-refractivity contribution in [3.8, 4) is 23.0 Å². The van der Waals surface area contributed by atoms with Crippen LogP contribution in [0.2, 0.25) is 0 Å². The summed E-state index contributed by atoms with van der Waals surface area (Å²) in [6.07, 6.45) is 1.33. The number of hydrogen-bond acceptors (Lipinski definition) is 9. The normalized spacial score (nSPS) is 24.0. The molecule has 0 unspecified atom stereocenters. The quantitative estimate of drug-likeness (QED) is 0.402. The molecule has 198 valence electrons. The van der Waals surface area contributed by atoms with Crippen LogP contribution in [0.15, 0.2) is 36.4 Å². The fourth-order valence-corrected chi connectivity index (χ4v) is 4.21. The zero-order chi connectivity index (χ0) is 26.1. The van der Waals surface area contributed by atoms with Crippen molar-refractivity contribution in [1.29, 1.82) is 0 Å². The monoisotopic (exact) mass is 504 g/mol. The van der Waals surface area contributed by atoms with Gasteiger partial charge in [-0.2, -0.15) is 0 Å². The van der Waals surface area contributed by atoms with Gasteiger partial charge in [0.2, 0.25) is 6.29 Å². The van der Waals surface area contributed by atoms with E-state index in [-0.39, 0.29) is 0 Å². The molecule has 3 rings (SSSR count). The van der Waals surface area contributed by atoms with Crippen molar-refractivity contribution < 1.29 is 42.6 Å². The molecular formula is C27H36O9. The first-order chi connectivity index (χ1) is 17.5. The highest BCUT2D eigenvalue weighted by atomic mass is 16.7. The van der Waals surface area contributed by atoms with Gasteiger partial charge in [0.1, 0.15) is 35.9 Å². The molecule has 36 heavy (non-hydrogen) atoms. The summed E-state index contributed by atoms with van der Waals surface area (Å²) in [6.45, 7) is 0.304. The van der Waals surface area contributed by atoms with Crippen LogP contribution in [0, 0.1) is 0 Å². The second kappa shape index (κ2) is 13.5. The Hall–Kier alpha value is -2.82. The van der Waals surface area contributed by atoms with E-state index >= 15 is 0 Å². The molecule has 9 nitrogen and oxygen atoms in total. The average Bonchev–Trinajstić information content (AvgIpc) is 2.91. The van der Waals surface area contributed by atoms with Gasteiger partial charge in [-0.15, -0.1) is 0 Å². The fraction of sp³-hybridized carbons (Fsp3) is 0.481. The maximum absolute atomic E-state index is 6.31. The summed E-state index contributed by atoms with van der Waals surface area (Å²) in [5, 5.41) is 0. The molecule has 0 amide bonds. The van der Waals surface area contributed by atoms with E-state index in [1.165, 1.54) is 0 Å². The number of ether oxygens (including phenoxy) is 9. The Morgan fingerprint density at radius 1 is 0.667 bits per heavy atom. The van der Waals surface area contributed by atoms with Gasteiger partial charge in [-0.05, 0) is 35.4 Å². The van der Waals surface area contributed by atoms with Crippen LogP contribution in [-0.4, -0.2) is 87.1 Å². The van der Waals surface area contributed by atoms with Crippen molar-refractivity contribution in [3.63, 3.8) is 0 Å². The number of hydrogen-bond donors (Lipinski definition) is 0. The van der Waals surface area contributed by atoms with Crippen LogP contribution >= 0.6 is 0 Å². The summed E-state index contributed by atoms with van der Waals surface area (Å²) in [4.78, 5) is 0. The standard InChI is InChI=1S/C27H36O9/c1-28-16-23-24(32-5)25(33-6)26(34-7)27(36-23)35-22-14-17(10-11-21(22)31-4)8-9-18-12-19(29-2)15-20(13-18)30-3/h8-15,23-27H,16H2,1-7H3/b9-8+/t23-,24-,25+,26-,27-/m1/s1. The third-order valence-electron chi connectivity index (χ3n) is 6.01. The maximum Gasteiger partial charge on any atom is 0.229 e. The third kappa shape index (κ3) is 6.48. The van der Waals surface area contributed by atoms with Crippen molar-refractivity contribution >= 4 is 12.2 Å². The van der Waals surface area contributed by atoms with Crippen LogP contribution in [0.1, 0.15) is 11.1 Å². The zero-order valence-corrected chi connectivity index (χ0v) is 21.9. The minimum Gasteiger partial charge on any atom is -0.497 e. The van der Waals surface area contributed by atoms with E-state index in [4.69, 9.17) is 42.6 Å².